The number of amides is 1. The van der Waals surface area contributed by atoms with Crippen LogP contribution in [-0.4, -0.2) is 27.2 Å². The molecule has 1 aliphatic rings. The first-order valence-electron chi connectivity index (χ1n) is 11.8. The number of nitriles is 1. The third kappa shape index (κ3) is 5.93. The molecule has 0 fully saturated rings. The van der Waals surface area contributed by atoms with Crippen LogP contribution < -0.4 is 10.5 Å². The van der Waals surface area contributed by atoms with Gasteiger partial charge in [0, 0.05) is 29.1 Å². The van der Waals surface area contributed by atoms with Crippen LogP contribution in [0.15, 0.2) is 60.9 Å². The van der Waals surface area contributed by atoms with Gasteiger partial charge in [-0.05, 0) is 81.0 Å². The number of benzene rings is 2. The summed E-state index contributed by atoms with van der Waals surface area (Å²) in [4.78, 5) is 14.1. The standard InChI is InChI=1S/C22H21N3OS.C6H6N2O/c1-14(2)26-20-11-10-16(12-17(20)13-23)21-24-25-22(27-21)19-9-5-7-15-6-3-4-8-18(15)19;7-6(9)5-1-3-8-4-2-5/h5,7,9-12,14H,3-4,6,8H2,1-2H3;1-4H,(H2,7,9). The minimum absolute atomic E-state index is 0.0281. The van der Waals surface area contributed by atoms with Gasteiger partial charge in [-0.25, -0.2) is 0 Å². The fourth-order valence-corrected chi connectivity index (χ4v) is 4.95. The van der Waals surface area contributed by atoms with Gasteiger partial charge in [0.1, 0.15) is 21.8 Å². The third-order valence-corrected chi connectivity index (χ3v) is 6.73. The van der Waals surface area contributed by atoms with E-state index < -0.39 is 5.91 Å². The van der Waals surface area contributed by atoms with E-state index in [2.05, 4.69) is 39.4 Å². The molecule has 36 heavy (non-hydrogen) atoms. The predicted molar refractivity (Wildman–Crippen MR) is 141 cm³/mol. The number of fused-ring (bicyclic) bond motifs is 1. The lowest BCUT2D eigenvalue weighted by molar-refractivity contribution is 0.1000. The predicted octanol–water partition coefficient (Wildman–Crippen LogP) is 5.59. The summed E-state index contributed by atoms with van der Waals surface area (Å²) in [7, 11) is 0. The van der Waals surface area contributed by atoms with Crippen LogP contribution in [0, 0.1) is 11.3 Å². The Balaban J connectivity index is 0.000000286. The minimum Gasteiger partial charge on any atom is -0.490 e. The summed E-state index contributed by atoms with van der Waals surface area (Å²) in [5, 5.41) is 20.1. The van der Waals surface area contributed by atoms with E-state index in [-0.39, 0.29) is 6.10 Å². The molecular weight excluding hydrogens is 470 g/mol. The highest BCUT2D eigenvalue weighted by molar-refractivity contribution is 7.17. The molecule has 2 aromatic carbocycles. The number of nitrogens with zero attached hydrogens (tertiary/aromatic N) is 4. The molecule has 1 aliphatic carbocycles. The SMILES string of the molecule is CC(C)Oc1ccc(-c2nnc(-c3cccc4c3CCCC4)s2)cc1C#N.NC(=O)c1ccncc1. The largest absolute Gasteiger partial charge is 0.490 e. The van der Waals surface area contributed by atoms with E-state index in [1.165, 1.54) is 41.9 Å². The molecule has 1 amide bonds. The van der Waals surface area contributed by atoms with E-state index in [9.17, 15) is 10.1 Å². The van der Waals surface area contributed by atoms with Crippen molar-refractivity contribution in [3.8, 4) is 33.0 Å². The molecule has 2 heterocycles. The maximum absolute atomic E-state index is 10.4. The summed E-state index contributed by atoms with van der Waals surface area (Å²) in [6.07, 6.45) is 7.84. The lowest BCUT2D eigenvalue weighted by atomic mass is 9.88. The molecule has 0 spiro atoms. The molecule has 2 N–H and O–H groups in total. The number of hydrogen-bond donors (Lipinski definition) is 1. The van der Waals surface area contributed by atoms with E-state index >= 15 is 0 Å². The number of pyridine rings is 1. The average Bonchev–Trinajstić information content (AvgIpc) is 3.39. The molecule has 0 saturated carbocycles. The van der Waals surface area contributed by atoms with Crippen molar-refractivity contribution in [3.05, 3.63) is 83.2 Å². The summed E-state index contributed by atoms with van der Waals surface area (Å²) < 4.78 is 5.71. The highest BCUT2D eigenvalue weighted by Gasteiger charge is 2.18. The summed E-state index contributed by atoms with van der Waals surface area (Å²) in [6.45, 7) is 3.90. The van der Waals surface area contributed by atoms with Crippen molar-refractivity contribution in [2.45, 2.75) is 45.6 Å². The van der Waals surface area contributed by atoms with Gasteiger partial charge in [0.25, 0.3) is 0 Å². The number of rotatable bonds is 5. The molecule has 4 aromatic rings. The highest BCUT2D eigenvalue weighted by Crippen LogP contribution is 2.36. The Morgan fingerprint density at radius 1 is 1.06 bits per heavy atom. The Morgan fingerprint density at radius 3 is 2.50 bits per heavy atom. The molecule has 0 aliphatic heterocycles. The maximum atomic E-state index is 10.4. The highest BCUT2D eigenvalue weighted by atomic mass is 32.1. The first-order chi connectivity index (χ1) is 17.5. The van der Waals surface area contributed by atoms with Gasteiger partial charge in [-0.15, -0.1) is 10.2 Å². The summed E-state index contributed by atoms with van der Waals surface area (Å²) >= 11 is 1.58. The molecule has 8 heteroatoms. The van der Waals surface area contributed by atoms with Gasteiger partial charge in [0.2, 0.25) is 5.91 Å². The van der Waals surface area contributed by atoms with Crippen molar-refractivity contribution in [1.82, 2.24) is 15.2 Å². The lowest BCUT2D eigenvalue weighted by Gasteiger charge is -2.17. The molecule has 7 nitrogen and oxygen atoms in total. The zero-order chi connectivity index (χ0) is 25.5. The zero-order valence-electron chi connectivity index (χ0n) is 20.3. The van der Waals surface area contributed by atoms with Gasteiger partial charge in [-0.1, -0.05) is 29.5 Å². The number of carbonyl (C=O) groups is 1. The van der Waals surface area contributed by atoms with Crippen LogP contribution in [0.2, 0.25) is 0 Å². The molecule has 182 valence electrons. The Kier molecular flexibility index (Phi) is 8.03. The lowest BCUT2D eigenvalue weighted by Crippen LogP contribution is -2.10. The average molecular weight is 498 g/mol. The van der Waals surface area contributed by atoms with Crippen LogP contribution >= 0.6 is 11.3 Å². The second kappa shape index (κ2) is 11.6. The van der Waals surface area contributed by atoms with Crippen molar-refractivity contribution in [2.24, 2.45) is 5.73 Å². The molecule has 0 bridgehead atoms. The Hall–Kier alpha value is -4.09. The minimum atomic E-state index is -0.419. The van der Waals surface area contributed by atoms with E-state index in [0.717, 1.165) is 28.4 Å². The number of hydrogen-bond acceptors (Lipinski definition) is 7. The quantitative estimate of drug-likeness (QED) is 0.384. The summed E-state index contributed by atoms with van der Waals surface area (Å²) in [5.74, 6) is 0.190. The first-order valence-corrected chi connectivity index (χ1v) is 12.6. The van der Waals surface area contributed by atoms with Crippen LogP contribution in [0.5, 0.6) is 5.75 Å². The number of primary amides is 1. The topological polar surface area (TPSA) is 115 Å². The molecule has 2 aromatic heterocycles. The van der Waals surface area contributed by atoms with E-state index in [0.29, 0.717) is 16.9 Å². The van der Waals surface area contributed by atoms with E-state index in [1.54, 1.807) is 23.5 Å². The van der Waals surface area contributed by atoms with Crippen LogP contribution in [0.3, 0.4) is 0 Å². The first kappa shape index (κ1) is 25.0. The van der Waals surface area contributed by atoms with Gasteiger partial charge in [0.05, 0.1) is 11.7 Å². The van der Waals surface area contributed by atoms with Gasteiger partial charge >= 0.3 is 0 Å². The second-order valence-corrected chi connectivity index (χ2v) is 9.63. The van der Waals surface area contributed by atoms with Gasteiger partial charge in [0.15, 0.2) is 0 Å². The molecule has 0 unspecified atom stereocenters. The normalized spacial score (nSPS) is 12.2. The number of ether oxygens (including phenoxy) is 1. The van der Waals surface area contributed by atoms with Crippen LogP contribution in [0.4, 0.5) is 0 Å². The van der Waals surface area contributed by atoms with Crippen LogP contribution in [-0.2, 0) is 12.8 Å². The zero-order valence-corrected chi connectivity index (χ0v) is 21.1. The van der Waals surface area contributed by atoms with Gasteiger partial charge in [-0.2, -0.15) is 5.26 Å². The second-order valence-electron chi connectivity index (χ2n) is 8.65. The van der Waals surface area contributed by atoms with E-state index in [4.69, 9.17) is 10.5 Å². The maximum Gasteiger partial charge on any atom is 0.248 e. The van der Waals surface area contributed by atoms with Crippen molar-refractivity contribution < 1.29 is 9.53 Å². The van der Waals surface area contributed by atoms with Crippen molar-refractivity contribution in [3.63, 3.8) is 0 Å². The molecule has 5 rings (SSSR count). The van der Waals surface area contributed by atoms with Crippen LogP contribution in [0.25, 0.3) is 21.1 Å². The number of nitrogens with two attached hydrogens (primary N) is 1. The fraction of sp³-hybridized carbons (Fsp3) is 0.250. The van der Waals surface area contributed by atoms with Crippen molar-refractivity contribution in [1.29, 1.82) is 5.26 Å². The third-order valence-electron chi connectivity index (χ3n) is 5.73. The smallest absolute Gasteiger partial charge is 0.248 e. The Morgan fingerprint density at radius 2 is 1.81 bits per heavy atom. The molecule has 0 atom stereocenters. The summed E-state index contributed by atoms with van der Waals surface area (Å²) in [5.41, 5.74) is 10.9. The Bertz CT molecular complexity index is 1390. The molecular formula is C28H27N5O2S. The van der Waals surface area contributed by atoms with Crippen molar-refractivity contribution >= 4 is 17.2 Å². The van der Waals surface area contributed by atoms with Gasteiger partial charge < -0.3 is 10.5 Å². The molecule has 0 radical (unpaired) electrons. The number of aryl methyl sites for hydroxylation is 1. The molecule has 0 saturated heterocycles. The fourth-order valence-electron chi connectivity index (χ4n) is 4.05. The van der Waals surface area contributed by atoms with E-state index in [1.807, 2.05) is 32.0 Å². The Labute approximate surface area is 214 Å². The monoisotopic (exact) mass is 497 g/mol. The van der Waals surface area contributed by atoms with Crippen LogP contribution in [0.1, 0.15) is 53.7 Å². The number of aromatic nitrogens is 3. The number of carbonyl (C=O) groups excluding carboxylic acids is 1. The van der Waals surface area contributed by atoms with Crippen molar-refractivity contribution in [2.75, 3.05) is 0 Å². The summed E-state index contributed by atoms with van der Waals surface area (Å²) in [6, 6.07) is 17.5. The van der Waals surface area contributed by atoms with Gasteiger partial charge in [-0.3, -0.25) is 9.78 Å².